The van der Waals surface area contributed by atoms with Crippen LogP contribution >= 0.6 is 0 Å². The molecule has 0 radical (unpaired) electrons. The van der Waals surface area contributed by atoms with Crippen molar-refractivity contribution in [2.24, 2.45) is 0 Å². The second-order valence-corrected chi connectivity index (χ2v) is 5.66. The average molecular weight is 278 g/mol. The maximum Gasteiger partial charge on any atom is 0.319 e. The molecule has 1 atom stereocenters. The van der Waals surface area contributed by atoms with E-state index in [-0.39, 0.29) is 24.5 Å². The number of amides is 2. The molecule has 0 spiro atoms. The van der Waals surface area contributed by atoms with Crippen molar-refractivity contribution >= 4 is 17.7 Å². The smallest absolute Gasteiger partial charge is 0.319 e. The second kappa shape index (κ2) is 6.93. The van der Waals surface area contributed by atoms with Crippen molar-refractivity contribution in [2.45, 2.75) is 45.8 Å². The van der Waals surface area contributed by atoms with Gasteiger partial charge in [0.15, 0.2) is 0 Å². The van der Waals surface area contributed by atoms with Crippen LogP contribution in [0.5, 0.6) is 0 Å². The molecule has 0 aliphatic heterocycles. The lowest BCUT2D eigenvalue weighted by molar-refractivity contribution is -0.155. The number of carbonyl (C=O) groups is 2. The Morgan fingerprint density at radius 1 is 1.20 bits per heavy atom. The molecule has 0 aliphatic rings. The summed E-state index contributed by atoms with van der Waals surface area (Å²) in [7, 11) is 0. The molecule has 20 heavy (non-hydrogen) atoms. The molecular weight excluding hydrogens is 256 g/mol. The minimum absolute atomic E-state index is 0.138. The zero-order valence-corrected chi connectivity index (χ0v) is 12.4. The maximum atomic E-state index is 11.7. The Bertz CT molecular complexity index is 452. The third-order valence-corrected chi connectivity index (χ3v) is 2.30. The number of ether oxygens (including phenoxy) is 1. The highest BCUT2D eigenvalue weighted by Gasteiger charge is 2.19. The minimum Gasteiger partial charge on any atom is -0.460 e. The summed E-state index contributed by atoms with van der Waals surface area (Å²) in [6.07, 6.45) is 0.138. The molecule has 2 N–H and O–H groups in total. The Labute approximate surface area is 119 Å². The van der Waals surface area contributed by atoms with Gasteiger partial charge in [-0.1, -0.05) is 18.2 Å². The Kier molecular flexibility index (Phi) is 5.55. The quantitative estimate of drug-likeness (QED) is 0.832. The predicted octanol–water partition coefficient (Wildman–Crippen LogP) is 2.93. The fraction of sp³-hybridized carbons (Fsp3) is 0.467. The molecule has 0 heterocycles. The zero-order chi connectivity index (χ0) is 15.2. The fourth-order valence-electron chi connectivity index (χ4n) is 1.60. The SMILES string of the molecule is C[C@@H](CC(=O)OC(C)(C)C)NC(=O)Nc1ccccc1. The maximum absolute atomic E-state index is 11.7. The number of hydrogen-bond donors (Lipinski definition) is 2. The topological polar surface area (TPSA) is 67.4 Å². The number of carbonyl (C=O) groups excluding carboxylic acids is 2. The van der Waals surface area contributed by atoms with Gasteiger partial charge < -0.3 is 15.4 Å². The predicted molar refractivity (Wildman–Crippen MR) is 78.5 cm³/mol. The van der Waals surface area contributed by atoms with Crippen LogP contribution in [0, 0.1) is 0 Å². The molecule has 0 fully saturated rings. The van der Waals surface area contributed by atoms with Crippen LogP contribution in [0.4, 0.5) is 10.5 Å². The number of urea groups is 1. The molecule has 5 heteroatoms. The molecule has 5 nitrogen and oxygen atoms in total. The lowest BCUT2D eigenvalue weighted by atomic mass is 10.2. The van der Waals surface area contributed by atoms with E-state index >= 15 is 0 Å². The van der Waals surface area contributed by atoms with Crippen LogP contribution in [0.25, 0.3) is 0 Å². The Morgan fingerprint density at radius 2 is 1.80 bits per heavy atom. The lowest BCUT2D eigenvalue weighted by Gasteiger charge is -2.21. The first kappa shape index (κ1) is 16.0. The van der Waals surface area contributed by atoms with E-state index in [2.05, 4.69) is 10.6 Å². The van der Waals surface area contributed by atoms with Crippen LogP contribution in [-0.4, -0.2) is 23.6 Å². The molecule has 2 amide bonds. The third kappa shape index (κ3) is 6.78. The first-order chi connectivity index (χ1) is 9.26. The highest BCUT2D eigenvalue weighted by molar-refractivity contribution is 5.89. The highest BCUT2D eigenvalue weighted by atomic mass is 16.6. The number of anilines is 1. The Morgan fingerprint density at radius 3 is 2.35 bits per heavy atom. The standard InChI is InChI=1S/C15H22N2O3/c1-11(10-13(18)20-15(2,3)4)16-14(19)17-12-8-6-5-7-9-12/h5-9,11H,10H2,1-4H3,(H2,16,17,19)/t11-/m0/s1. The highest BCUT2D eigenvalue weighted by Crippen LogP contribution is 2.09. The normalized spacial score (nSPS) is 12.4. The molecule has 1 aromatic carbocycles. The monoisotopic (exact) mass is 278 g/mol. The molecule has 0 bridgehead atoms. The van der Waals surface area contributed by atoms with Crippen LogP contribution in [0.2, 0.25) is 0 Å². The molecule has 0 saturated heterocycles. The van der Waals surface area contributed by atoms with E-state index in [1.165, 1.54) is 0 Å². The number of para-hydroxylation sites is 1. The number of rotatable bonds is 4. The molecule has 1 rings (SSSR count). The van der Waals surface area contributed by atoms with E-state index < -0.39 is 5.60 Å². The number of benzene rings is 1. The van der Waals surface area contributed by atoms with Crippen LogP contribution in [0.3, 0.4) is 0 Å². The minimum atomic E-state index is -0.511. The first-order valence-corrected chi connectivity index (χ1v) is 6.61. The van der Waals surface area contributed by atoms with Crippen molar-refractivity contribution in [1.82, 2.24) is 5.32 Å². The van der Waals surface area contributed by atoms with Crippen molar-refractivity contribution in [2.75, 3.05) is 5.32 Å². The van der Waals surface area contributed by atoms with Gasteiger partial charge in [-0.05, 0) is 39.8 Å². The summed E-state index contributed by atoms with van der Waals surface area (Å²) in [5.41, 5.74) is 0.192. The van der Waals surface area contributed by atoms with Gasteiger partial charge in [-0.15, -0.1) is 0 Å². The van der Waals surface area contributed by atoms with Gasteiger partial charge in [-0.3, -0.25) is 4.79 Å². The Balaban J connectivity index is 2.37. The second-order valence-electron chi connectivity index (χ2n) is 5.66. The van der Waals surface area contributed by atoms with Gasteiger partial charge in [-0.2, -0.15) is 0 Å². The summed E-state index contributed by atoms with van der Waals surface area (Å²) in [6, 6.07) is 8.48. The summed E-state index contributed by atoms with van der Waals surface area (Å²) in [5.74, 6) is -0.329. The van der Waals surface area contributed by atoms with E-state index in [1.54, 1.807) is 19.1 Å². The summed E-state index contributed by atoms with van der Waals surface area (Å²) in [5, 5.41) is 5.39. The van der Waals surface area contributed by atoms with Crippen molar-refractivity contribution in [1.29, 1.82) is 0 Å². The third-order valence-electron chi connectivity index (χ3n) is 2.30. The molecule has 110 valence electrons. The van der Waals surface area contributed by atoms with Gasteiger partial charge in [0, 0.05) is 11.7 Å². The van der Waals surface area contributed by atoms with Crippen molar-refractivity contribution in [3.8, 4) is 0 Å². The van der Waals surface area contributed by atoms with Gasteiger partial charge in [0.2, 0.25) is 0 Å². The number of nitrogens with one attached hydrogen (secondary N) is 2. The van der Waals surface area contributed by atoms with Crippen molar-refractivity contribution in [3.05, 3.63) is 30.3 Å². The van der Waals surface area contributed by atoms with Gasteiger partial charge in [-0.25, -0.2) is 4.79 Å². The van der Waals surface area contributed by atoms with Gasteiger partial charge in [0.05, 0.1) is 6.42 Å². The van der Waals surface area contributed by atoms with Crippen molar-refractivity contribution in [3.63, 3.8) is 0 Å². The molecule has 1 aromatic rings. The van der Waals surface area contributed by atoms with Crippen LogP contribution < -0.4 is 10.6 Å². The average Bonchev–Trinajstić information content (AvgIpc) is 2.26. The van der Waals surface area contributed by atoms with Gasteiger partial charge in [0.25, 0.3) is 0 Å². The van der Waals surface area contributed by atoms with E-state index in [0.717, 1.165) is 0 Å². The summed E-state index contributed by atoms with van der Waals surface area (Å²) in [4.78, 5) is 23.3. The van der Waals surface area contributed by atoms with Crippen LogP contribution in [0.1, 0.15) is 34.1 Å². The van der Waals surface area contributed by atoms with Gasteiger partial charge >= 0.3 is 12.0 Å². The lowest BCUT2D eigenvalue weighted by Crippen LogP contribution is -2.38. The summed E-state index contributed by atoms with van der Waals surface area (Å²) >= 11 is 0. The van der Waals surface area contributed by atoms with E-state index in [0.29, 0.717) is 5.69 Å². The molecule has 0 aromatic heterocycles. The van der Waals surface area contributed by atoms with Crippen LogP contribution in [0.15, 0.2) is 30.3 Å². The molecular formula is C15H22N2O3. The number of esters is 1. The summed E-state index contributed by atoms with van der Waals surface area (Å²) < 4.78 is 5.20. The Hall–Kier alpha value is -2.04. The van der Waals surface area contributed by atoms with E-state index in [4.69, 9.17) is 4.74 Å². The largest absolute Gasteiger partial charge is 0.460 e. The van der Waals surface area contributed by atoms with Gasteiger partial charge in [0.1, 0.15) is 5.60 Å². The molecule has 0 saturated carbocycles. The summed E-state index contributed by atoms with van der Waals surface area (Å²) in [6.45, 7) is 7.19. The first-order valence-electron chi connectivity index (χ1n) is 6.61. The van der Waals surface area contributed by atoms with E-state index in [1.807, 2.05) is 39.0 Å². The van der Waals surface area contributed by atoms with E-state index in [9.17, 15) is 9.59 Å². The van der Waals surface area contributed by atoms with Crippen LogP contribution in [-0.2, 0) is 9.53 Å². The molecule has 0 aliphatic carbocycles. The fourth-order valence-corrected chi connectivity index (χ4v) is 1.60. The van der Waals surface area contributed by atoms with Crippen molar-refractivity contribution < 1.29 is 14.3 Å². The molecule has 0 unspecified atom stereocenters. The number of hydrogen-bond acceptors (Lipinski definition) is 3. The zero-order valence-electron chi connectivity index (χ0n) is 12.4.